The third-order valence-corrected chi connectivity index (χ3v) is 2.90. The monoisotopic (exact) mass is 235 g/mol. The maximum absolute atomic E-state index is 11.2. The number of halogens is 1. The Balaban J connectivity index is 2.82. The van der Waals surface area contributed by atoms with E-state index in [1.54, 1.807) is 0 Å². The van der Waals surface area contributed by atoms with Gasteiger partial charge in [0.25, 0.3) is 0 Å². The van der Waals surface area contributed by atoms with Crippen LogP contribution in [0.3, 0.4) is 0 Å². The Bertz CT molecular complexity index is 549. The highest BCUT2D eigenvalue weighted by Crippen LogP contribution is 2.31. The van der Waals surface area contributed by atoms with Crippen LogP contribution in [-0.4, -0.2) is 11.3 Å². The fourth-order valence-corrected chi connectivity index (χ4v) is 2.07. The molecule has 3 heteroatoms. The second kappa shape index (κ2) is 3.63. The third kappa shape index (κ3) is 1.74. The van der Waals surface area contributed by atoms with E-state index < -0.39 is 0 Å². The molecule has 0 unspecified atom stereocenters. The van der Waals surface area contributed by atoms with E-state index in [0.717, 1.165) is 22.9 Å². The van der Waals surface area contributed by atoms with Crippen molar-refractivity contribution in [2.45, 2.75) is 26.2 Å². The van der Waals surface area contributed by atoms with Crippen LogP contribution < -0.4 is 0 Å². The molecule has 1 aromatic heterocycles. The van der Waals surface area contributed by atoms with Gasteiger partial charge in [0.05, 0.1) is 0 Å². The number of benzene rings is 1. The summed E-state index contributed by atoms with van der Waals surface area (Å²) in [6, 6.07) is 5.55. The zero-order chi connectivity index (χ0) is 11.9. The Morgan fingerprint density at radius 2 is 2.00 bits per heavy atom. The number of nitrogens with one attached hydrogen (secondary N) is 1. The van der Waals surface area contributed by atoms with Crippen molar-refractivity contribution >= 4 is 28.8 Å². The predicted octanol–water partition coefficient (Wildman–Crippen LogP) is 3.93. The maximum Gasteiger partial charge on any atom is 0.152 e. The number of aromatic amines is 1. The summed E-state index contributed by atoms with van der Waals surface area (Å²) in [5.74, 6) is 0. The first-order valence-electron chi connectivity index (χ1n) is 5.20. The fraction of sp³-hybridized carbons (Fsp3) is 0.308. The molecule has 0 amide bonds. The van der Waals surface area contributed by atoms with Crippen molar-refractivity contribution in [1.82, 2.24) is 4.98 Å². The van der Waals surface area contributed by atoms with Gasteiger partial charge in [-0.3, -0.25) is 4.79 Å². The Kier molecular flexibility index (Phi) is 2.55. The van der Waals surface area contributed by atoms with Crippen LogP contribution in [0.15, 0.2) is 18.2 Å². The van der Waals surface area contributed by atoms with E-state index >= 15 is 0 Å². The van der Waals surface area contributed by atoms with Crippen LogP contribution in [0.5, 0.6) is 0 Å². The molecular weight excluding hydrogens is 222 g/mol. The average Bonchev–Trinajstić information content (AvgIpc) is 2.54. The largest absolute Gasteiger partial charge is 0.357 e. The summed E-state index contributed by atoms with van der Waals surface area (Å²) in [5, 5.41) is 1.54. The van der Waals surface area contributed by atoms with Gasteiger partial charge in [0, 0.05) is 32.6 Å². The molecule has 0 atom stereocenters. The highest BCUT2D eigenvalue weighted by Gasteiger charge is 2.22. The molecule has 0 radical (unpaired) electrons. The van der Waals surface area contributed by atoms with Gasteiger partial charge in [-0.15, -0.1) is 0 Å². The summed E-state index contributed by atoms with van der Waals surface area (Å²) < 4.78 is 0. The average molecular weight is 236 g/mol. The number of carbonyl (C=O) groups excluding carboxylic acids is 1. The minimum atomic E-state index is -0.0816. The van der Waals surface area contributed by atoms with Crippen molar-refractivity contribution in [2.24, 2.45) is 0 Å². The molecule has 0 saturated heterocycles. The van der Waals surface area contributed by atoms with E-state index in [-0.39, 0.29) is 5.41 Å². The number of carbonyl (C=O) groups is 1. The van der Waals surface area contributed by atoms with Crippen LogP contribution in [0.25, 0.3) is 10.9 Å². The van der Waals surface area contributed by atoms with Crippen LogP contribution in [-0.2, 0) is 5.41 Å². The Hall–Kier alpha value is -1.28. The van der Waals surface area contributed by atoms with E-state index in [1.165, 1.54) is 0 Å². The van der Waals surface area contributed by atoms with Gasteiger partial charge in [0.2, 0.25) is 0 Å². The van der Waals surface area contributed by atoms with E-state index in [2.05, 4.69) is 25.8 Å². The van der Waals surface area contributed by atoms with Crippen molar-refractivity contribution in [3.63, 3.8) is 0 Å². The highest BCUT2D eigenvalue weighted by molar-refractivity contribution is 6.31. The van der Waals surface area contributed by atoms with Gasteiger partial charge in [-0.2, -0.15) is 0 Å². The van der Waals surface area contributed by atoms with Crippen molar-refractivity contribution in [2.75, 3.05) is 0 Å². The summed E-state index contributed by atoms with van der Waals surface area (Å²) in [6.07, 6.45) is 0.899. The number of H-pyrrole nitrogens is 1. The summed E-state index contributed by atoms with van der Waals surface area (Å²) in [7, 11) is 0. The number of aldehydes is 1. The number of hydrogen-bond donors (Lipinski definition) is 1. The lowest BCUT2D eigenvalue weighted by Gasteiger charge is -2.17. The Morgan fingerprint density at radius 3 is 2.56 bits per heavy atom. The van der Waals surface area contributed by atoms with Gasteiger partial charge in [0.15, 0.2) is 6.29 Å². The third-order valence-electron chi connectivity index (χ3n) is 2.67. The molecule has 1 aromatic carbocycles. The summed E-state index contributed by atoms with van der Waals surface area (Å²) in [4.78, 5) is 14.5. The first-order chi connectivity index (χ1) is 7.43. The highest BCUT2D eigenvalue weighted by atomic mass is 35.5. The lowest BCUT2D eigenvalue weighted by Crippen LogP contribution is -2.13. The van der Waals surface area contributed by atoms with Gasteiger partial charge < -0.3 is 4.98 Å². The number of aromatic nitrogens is 1. The summed E-state index contributed by atoms with van der Waals surface area (Å²) >= 11 is 5.94. The molecule has 0 bridgehead atoms. The van der Waals surface area contributed by atoms with E-state index in [9.17, 15) is 4.79 Å². The standard InChI is InChI=1S/C13H14ClNO/c1-13(2,3)12-10(7-16)9-6-8(14)4-5-11(9)15-12/h4-7,15H,1-3H3. The van der Waals surface area contributed by atoms with Gasteiger partial charge in [-0.25, -0.2) is 0 Å². The van der Waals surface area contributed by atoms with Crippen LogP contribution >= 0.6 is 11.6 Å². The zero-order valence-corrected chi connectivity index (χ0v) is 10.4. The van der Waals surface area contributed by atoms with Crippen molar-refractivity contribution in [3.8, 4) is 0 Å². The van der Waals surface area contributed by atoms with Gasteiger partial charge in [-0.05, 0) is 18.2 Å². The van der Waals surface area contributed by atoms with Gasteiger partial charge >= 0.3 is 0 Å². The van der Waals surface area contributed by atoms with Crippen LogP contribution in [0, 0.1) is 0 Å². The Labute approximate surface area is 99.6 Å². The molecule has 2 nitrogen and oxygen atoms in total. The topological polar surface area (TPSA) is 32.9 Å². The van der Waals surface area contributed by atoms with Crippen LogP contribution in [0.4, 0.5) is 0 Å². The molecule has 0 saturated carbocycles. The predicted molar refractivity (Wildman–Crippen MR) is 67.4 cm³/mol. The molecule has 0 aliphatic heterocycles. The molecule has 1 N–H and O–H groups in total. The van der Waals surface area contributed by atoms with Crippen LogP contribution in [0.2, 0.25) is 5.02 Å². The molecule has 2 aromatic rings. The SMILES string of the molecule is CC(C)(C)c1[nH]c2ccc(Cl)cc2c1C=O. The lowest BCUT2D eigenvalue weighted by molar-refractivity contribution is 0.112. The van der Waals surface area contributed by atoms with Crippen molar-refractivity contribution in [3.05, 3.63) is 34.5 Å². The van der Waals surface area contributed by atoms with Crippen molar-refractivity contribution in [1.29, 1.82) is 0 Å². The first-order valence-corrected chi connectivity index (χ1v) is 5.58. The van der Waals surface area contributed by atoms with Crippen LogP contribution in [0.1, 0.15) is 36.8 Å². The van der Waals surface area contributed by atoms with Gasteiger partial charge in [0.1, 0.15) is 0 Å². The molecule has 84 valence electrons. The molecule has 0 fully saturated rings. The molecular formula is C13H14ClNO. The second-order valence-electron chi connectivity index (χ2n) is 4.97. The number of rotatable bonds is 1. The van der Waals surface area contributed by atoms with E-state index in [1.807, 2.05) is 18.2 Å². The smallest absolute Gasteiger partial charge is 0.152 e. The lowest BCUT2D eigenvalue weighted by atomic mass is 9.89. The normalized spacial score (nSPS) is 12.0. The molecule has 0 aliphatic carbocycles. The number of fused-ring (bicyclic) bond motifs is 1. The Morgan fingerprint density at radius 1 is 1.31 bits per heavy atom. The molecule has 16 heavy (non-hydrogen) atoms. The zero-order valence-electron chi connectivity index (χ0n) is 9.60. The van der Waals surface area contributed by atoms with E-state index in [4.69, 9.17) is 11.6 Å². The quantitative estimate of drug-likeness (QED) is 0.747. The molecule has 1 heterocycles. The van der Waals surface area contributed by atoms with E-state index in [0.29, 0.717) is 10.6 Å². The molecule has 0 aliphatic rings. The minimum Gasteiger partial charge on any atom is -0.357 e. The van der Waals surface area contributed by atoms with Gasteiger partial charge in [-0.1, -0.05) is 32.4 Å². The van der Waals surface area contributed by atoms with Crippen molar-refractivity contribution < 1.29 is 4.79 Å². The number of hydrogen-bond acceptors (Lipinski definition) is 1. The molecule has 2 rings (SSSR count). The second-order valence-corrected chi connectivity index (χ2v) is 5.41. The maximum atomic E-state index is 11.2. The first kappa shape index (κ1) is 11.2. The fourth-order valence-electron chi connectivity index (χ4n) is 1.90. The summed E-state index contributed by atoms with van der Waals surface area (Å²) in [5.41, 5.74) is 2.54. The minimum absolute atomic E-state index is 0.0816. The summed E-state index contributed by atoms with van der Waals surface area (Å²) in [6.45, 7) is 6.23. The molecule has 0 spiro atoms.